The zero-order valence-corrected chi connectivity index (χ0v) is 11.5. The maximum Gasteiger partial charge on any atom is 0.238 e. The topological polar surface area (TPSA) is 80.4 Å². The molecule has 4 nitrogen and oxygen atoms in total. The van der Waals surface area contributed by atoms with Crippen LogP contribution in [-0.4, -0.2) is 13.5 Å². The molecule has 0 aliphatic heterocycles. The van der Waals surface area contributed by atoms with Crippen molar-refractivity contribution in [3.63, 3.8) is 0 Å². The van der Waals surface area contributed by atoms with Crippen molar-refractivity contribution < 1.29 is 13.5 Å². The van der Waals surface area contributed by atoms with Crippen molar-refractivity contribution in [2.45, 2.75) is 50.0 Å². The highest BCUT2D eigenvalue weighted by atomic mass is 32.2. The summed E-state index contributed by atoms with van der Waals surface area (Å²) in [5.74, 6) is 0. The number of nitrogens with two attached hydrogens (primary N) is 1. The van der Waals surface area contributed by atoms with Crippen molar-refractivity contribution >= 4 is 10.0 Å². The Labute approximate surface area is 109 Å². The lowest BCUT2D eigenvalue weighted by molar-refractivity contribution is 0.163. The van der Waals surface area contributed by atoms with Crippen LogP contribution in [0.4, 0.5) is 0 Å². The van der Waals surface area contributed by atoms with Crippen LogP contribution >= 0.6 is 0 Å². The van der Waals surface area contributed by atoms with Gasteiger partial charge >= 0.3 is 0 Å². The average molecular weight is 271 g/mol. The highest BCUT2D eigenvalue weighted by Crippen LogP contribution is 2.21. The highest BCUT2D eigenvalue weighted by molar-refractivity contribution is 7.89. The number of rotatable bonds is 7. The summed E-state index contributed by atoms with van der Waals surface area (Å²) in [6.45, 7) is 2.14. The fraction of sp³-hybridized carbons (Fsp3) is 0.538. The van der Waals surface area contributed by atoms with Crippen LogP contribution in [0.5, 0.6) is 0 Å². The van der Waals surface area contributed by atoms with Crippen molar-refractivity contribution in [1.82, 2.24) is 0 Å². The zero-order chi connectivity index (χ0) is 13.6. The van der Waals surface area contributed by atoms with Crippen LogP contribution in [0.1, 0.15) is 50.7 Å². The van der Waals surface area contributed by atoms with Gasteiger partial charge in [0.05, 0.1) is 11.0 Å². The SMILES string of the molecule is CCCCCCC(O)c1ccc(S(N)(=O)=O)cc1. The van der Waals surface area contributed by atoms with Crippen LogP contribution in [0, 0.1) is 0 Å². The second kappa shape index (κ2) is 6.87. The van der Waals surface area contributed by atoms with Crippen LogP contribution in [0.3, 0.4) is 0 Å². The molecule has 1 rings (SSSR count). The van der Waals surface area contributed by atoms with Crippen LogP contribution in [0.25, 0.3) is 0 Å². The van der Waals surface area contributed by atoms with Gasteiger partial charge in [0.25, 0.3) is 0 Å². The summed E-state index contributed by atoms with van der Waals surface area (Å²) in [7, 11) is -3.65. The predicted molar refractivity (Wildman–Crippen MR) is 71.5 cm³/mol. The van der Waals surface area contributed by atoms with Crippen LogP contribution in [-0.2, 0) is 10.0 Å². The first-order valence-electron chi connectivity index (χ1n) is 6.26. The first-order valence-corrected chi connectivity index (χ1v) is 7.80. The van der Waals surface area contributed by atoms with Crippen LogP contribution < -0.4 is 5.14 Å². The molecule has 18 heavy (non-hydrogen) atoms. The normalized spacial score (nSPS) is 13.5. The van der Waals surface area contributed by atoms with E-state index in [9.17, 15) is 13.5 Å². The lowest BCUT2D eigenvalue weighted by Gasteiger charge is -2.11. The fourth-order valence-electron chi connectivity index (χ4n) is 1.81. The smallest absolute Gasteiger partial charge is 0.238 e. The van der Waals surface area contributed by atoms with E-state index in [4.69, 9.17) is 5.14 Å². The number of benzene rings is 1. The quantitative estimate of drug-likeness (QED) is 0.747. The van der Waals surface area contributed by atoms with Gasteiger partial charge in [0.15, 0.2) is 0 Å². The van der Waals surface area contributed by atoms with Gasteiger partial charge in [-0.15, -0.1) is 0 Å². The van der Waals surface area contributed by atoms with E-state index in [1.807, 2.05) is 0 Å². The van der Waals surface area contributed by atoms with Crippen molar-refractivity contribution in [3.8, 4) is 0 Å². The third-order valence-corrected chi connectivity index (χ3v) is 3.85. The molecular weight excluding hydrogens is 250 g/mol. The van der Waals surface area contributed by atoms with E-state index in [0.29, 0.717) is 6.42 Å². The van der Waals surface area contributed by atoms with Crippen molar-refractivity contribution in [2.24, 2.45) is 5.14 Å². The van der Waals surface area contributed by atoms with E-state index in [1.54, 1.807) is 12.1 Å². The van der Waals surface area contributed by atoms with E-state index in [2.05, 4.69) is 6.92 Å². The minimum atomic E-state index is -3.65. The largest absolute Gasteiger partial charge is 0.388 e. The maximum atomic E-state index is 11.1. The molecule has 5 heteroatoms. The first-order chi connectivity index (χ1) is 8.45. The number of hydrogen-bond donors (Lipinski definition) is 2. The first kappa shape index (κ1) is 15.1. The molecule has 0 spiro atoms. The molecule has 1 atom stereocenters. The molecule has 1 aromatic carbocycles. The van der Waals surface area contributed by atoms with Gasteiger partial charge in [0, 0.05) is 0 Å². The van der Waals surface area contributed by atoms with Gasteiger partial charge < -0.3 is 5.11 Å². The number of aliphatic hydroxyl groups is 1. The fourth-order valence-corrected chi connectivity index (χ4v) is 2.33. The minimum absolute atomic E-state index is 0.0735. The number of unbranched alkanes of at least 4 members (excludes halogenated alkanes) is 3. The molecule has 0 amide bonds. The molecule has 3 N–H and O–H groups in total. The van der Waals surface area contributed by atoms with E-state index in [0.717, 1.165) is 18.4 Å². The van der Waals surface area contributed by atoms with Crippen molar-refractivity contribution in [1.29, 1.82) is 0 Å². The lowest BCUT2D eigenvalue weighted by Crippen LogP contribution is -2.12. The number of hydrogen-bond acceptors (Lipinski definition) is 3. The molecule has 0 saturated carbocycles. The molecule has 0 aliphatic carbocycles. The van der Waals surface area contributed by atoms with Gasteiger partial charge in [0.1, 0.15) is 0 Å². The summed E-state index contributed by atoms with van der Waals surface area (Å²) in [6, 6.07) is 6.09. The van der Waals surface area contributed by atoms with Gasteiger partial charge in [-0.25, -0.2) is 13.6 Å². The Kier molecular flexibility index (Phi) is 5.78. The Morgan fingerprint density at radius 1 is 1.17 bits per heavy atom. The minimum Gasteiger partial charge on any atom is -0.388 e. The van der Waals surface area contributed by atoms with Gasteiger partial charge in [-0.1, -0.05) is 44.7 Å². The second-order valence-corrected chi connectivity index (χ2v) is 6.04. The molecule has 0 saturated heterocycles. The summed E-state index contributed by atoms with van der Waals surface area (Å²) in [6.07, 6.45) is 4.61. The molecular formula is C13H21NO3S. The maximum absolute atomic E-state index is 11.1. The summed E-state index contributed by atoms with van der Waals surface area (Å²) in [5.41, 5.74) is 0.735. The van der Waals surface area contributed by atoms with Gasteiger partial charge in [0.2, 0.25) is 10.0 Å². The zero-order valence-electron chi connectivity index (χ0n) is 10.7. The monoisotopic (exact) mass is 271 g/mol. The molecule has 0 bridgehead atoms. The van der Waals surface area contributed by atoms with Crippen LogP contribution in [0.2, 0.25) is 0 Å². The molecule has 0 radical (unpaired) electrons. The summed E-state index contributed by atoms with van der Waals surface area (Å²) in [5, 5.41) is 14.9. The Bertz CT molecular complexity index is 454. The Morgan fingerprint density at radius 3 is 2.28 bits per heavy atom. The average Bonchev–Trinajstić information content (AvgIpc) is 2.33. The van der Waals surface area contributed by atoms with Gasteiger partial charge in [-0.05, 0) is 24.1 Å². The third kappa shape index (κ3) is 4.76. The molecule has 0 aliphatic rings. The van der Waals surface area contributed by atoms with Gasteiger partial charge in [-0.3, -0.25) is 0 Å². The van der Waals surface area contributed by atoms with E-state index < -0.39 is 16.1 Å². The molecule has 1 unspecified atom stereocenters. The third-order valence-electron chi connectivity index (χ3n) is 2.92. The highest BCUT2D eigenvalue weighted by Gasteiger charge is 2.10. The van der Waals surface area contributed by atoms with E-state index in [1.165, 1.54) is 25.0 Å². The van der Waals surface area contributed by atoms with E-state index in [-0.39, 0.29) is 4.90 Å². The van der Waals surface area contributed by atoms with Gasteiger partial charge in [-0.2, -0.15) is 0 Å². The molecule has 1 aromatic rings. The number of primary sulfonamides is 1. The Balaban J connectivity index is 2.57. The van der Waals surface area contributed by atoms with Crippen molar-refractivity contribution in [3.05, 3.63) is 29.8 Å². The Hall–Kier alpha value is -0.910. The van der Waals surface area contributed by atoms with Crippen LogP contribution in [0.15, 0.2) is 29.2 Å². The predicted octanol–water partition coefficient (Wildman–Crippen LogP) is 2.34. The van der Waals surface area contributed by atoms with Crippen molar-refractivity contribution in [2.75, 3.05) is 0 Å². The van der Waals surface area contributed by atoms with E-state index >= 15 is 0 Å². The number of aliphatic hydroxyl groups excluding tert-OH is 1. The lowest BCUT2D eigenvalue weighted by atomic mass is 10.0. The Morgan fingerprint density at radius 2 is 1.78 bits per heavy atom. The molecule has 102 valence electrons. The number of sulfonamides is 1. The standard InChI is InChI=1S/C13H21NO3S/c1-2-3-4-5-6-13(15)11-7-9-12(10-8-11)18(14,16)17/h7-10,13,15H,2-6H2,1H3,(H2,14,16,17). The molecule has 0 aromatic heterocycles. The molecule has 0 fully saturated rings. The summed E-state index contributed by atoms with van der Waals surface area (Å²) >= 11 is 0. The summed E-state index contributed by atoms with van der Waals surface area (Å²) in [4.78, 5) is 0.0735. The second-order valence-electron chi connectivity index (χ2n) is 4.48. The summed E-state index contributed by atoms with van der Waals surface area (Å²) < 4.78 is 22.1. The molecule has 0 heterocycles.